The largest absolute Gasteiger partial charge is 0.340 e. The highest BCUT2D eigenvalue weighted by Gasteiger charge is 2.49. The highest BCUT2D eigenvalue weighted by Crippen LogP contribution is 2.46. The number of nitrogens with zero attached hydrogens (tertiary/aromatic N) is 4. The Balaban J connectivity index is 1.36. The molecule has 7 heteroatoms. The molecule has 4 atom stereocenters. The zero-order chi connectivity index (χ0) is 22.7. The molecule has 1 aromatic carbocycles. The molecule has 4 aliphatic rings. The highest BCUT2D eigenvalue weighted by atomic mass is 16.2. The summed E-state index contributed by atoms with van der Waals surface area (Å²) in [5.74, 6) is 2.46. The molecule has 3 aliphatic heterocycles. The van der Waals surface area contributed by atoms with Gasteiger partial charge in [0.05, 0.1) is 11.2 Å². The molecule has 1 aliphatic carbocycles. The highest BCUT2D eigenvalue weighted by molar-refractivity contribution is 5.88. The van der Waals surface area contributed by atoms with Crippen LogP contribution in [-0.4, -0.2) is 59.5 Å². The fourth-order valence-corrected chi connectivity index (χ4v) is 6.80. The van der Waals surface area contributed by atoms with Crippen molar-refractivity contribution in [1.29, 1.82) is 0 Å². The average molecular weight is 447 g/mol. The van der Waals surface area contributed by atoms with Gasteiger partial charge in [-0.25, -0.2) is 9.97 Å². The molecule has 0 radical (unpaired) electrons. The first-order valence-corrected chi connectivity index (χ1v) is 12.4. The van der Waals surface area contributed by atoms with Gasteiger partial charge < -0.3 is 9.80 Å². The average Bonchev–Trinajstić information content (AvgIpc) is 3.44. The number of nitrogens with one attached hydrogen (secondary N) is 2. The molecule has 33 heavy (non-hydrogen) atoms. The van der Waals surface area contributed by atoms with Crippen LogP contribution in [0.1, 0.15) is 43.4 Å². The number of aryl methyl sites for hydroxylation is 1. The number of hydrazine groups is 1. The van der Waals surface area contributed by atoms with Crippen molar-refractivity contribution in [2.45, 2.75) is 45.1 Å². The Hall–Kier alpha value is -2.51. The molecule has 4 fully saturated rings. The van der Waals surface area contributed by atoms with Gasteiger partial charge in [-0.05, 0) is 55.7 Å². The van der Waals surface area contributed by atoms with Crippen LogP contribution in [0.15, 0.2) is 30.9 Å². The van der Waals surface area contributed by atoms with Crippen LogP contribution in [0.25, 0.3) is 10.9 Å². The van der Waals surface area contributed by atoms with E-state index >= 15 is 0 Å². The lowest BCUT2D eigenvalue weighted by atomic mass is 9.69. The molecule has 2 N–H and O–H groups in total. The number of anilines is 1. The number of aromatic nitrogens is 2. The predicted octanol–water partition coefficient (Wildman–Crippen LogP) is 2.77. The van der Waals surface area contributed by atoms with Crippen molar-refractivity contribution < 1.29 is 4.79 Å². The zero-order valence-corrected chi connectivity index (χ0v) is 19.7. The molecule has 4 unspecified atom stereocenters. The number of hydrogen-bond acceptors (Lipinski definition) is 6. The summed E-state index contributed by atoms with van der Waals surface area (Å²) in [6.07, 6.45) is 4.94. The van der Waals surface area contributed by atoms with Gasteiger partial charge in [0.15, 0.2) is 0 Å². The molecule has 1 aromatic heterocycles. The molecule has 7 nitrogen and oxygen atoms in total. The molecule has 1 saturated carbocycles. The second kappa shape index (κ2) is 7.77. The SMILES string of the molecule is C=CC(=O)N1CC2(CCN(c3nc(C4C(C)CCC5NNCC54)c4ccc(C)cc4n3)C2)C1. The number of benzene rings is 1. The van der Waals surface area contributed by atoms with Crippen molar-refractivity contribution in [3.8, 4) is 0 Å². The van der Waals surface area contributed by atoms with Gasteiger partial charge in [-0.3, -0.25) is 15.6 Å². The van der Waals surface area contributed by atoms with Crippen LogP contribution < -0.4 is 15.8 Å². The number of likely N-dealkylation sites (tertiary alicyclic amines) is 1. The summed E-state index contributed by atoms with van der Waals surface area (Å²) in [5, 5.41) is 1.20. The van der Waals surface area contributed by atoms with Gasteiger partial charge in [0, 0.05) is 55.5 Å². The summed E-state index contributed by atoms with van der Waals surface area (Å²) in [7, 11) is 0. The minimum absolute atomic E-state index is 0.0402. The fourth-order valence-electron chi connectivity index (χ4n) is 6.80. The number of carbonyl (C=O) groups is 1. The lowest BCUT2D eigenvalue weighted by Gasteiger charge is -2.47. The Labute approximate surface area is 195 Å². The molecule has 4 heterocycles. The molecule has 1 spiro atoms. The first-order chi connectivity index (χ1) is 16.0. The number of fused-ring (bicyclic) bond motifs is 2. The van der Waals surface area contributed by atoms with Gasteiger partial charge in [-0.15, -0.1) is 0 Å². The summed E-state index contributed by atoms with van der Waals surface area (Å²) in [5.41, 5.74) is 10.6. The third-order valence-electron chi connectivity index (χ3n) is 8.60. The van der Waals surface area contributed by atoms with Crippen LogP contribution in [0.4, 0.5) is 5.95 Å². The van der Waals surface area contributed by atoms with E-state index in [0.717, 1.165) is 50.6 Å². The lowest BCUT2D eigenvalue weighted by Crippen LogP contribution is -2.59. The molecular formula is C26H34N6O. The monoisotopic (exact) mass is 446 g/mol. The van der Waals surface area contributed by atoms with E-state index in [1.165, 1.54) is 35.6 Å². The Morgan fingerprint density at radius 3 is 2.91 bits per heavy atom. The summed E-state index contributed by atoms with van der Waals surface area (Å²) < 4.78 is 0. The third kappa shape index (κ3) is 3.44. The van der Waals surface area contributed by atoms with Crippen LogP contribution in [0.2, 0.25) is 0 Å². The molecular weight excluding hydrogens is 412 g/mol. The van der Waals surface area contributed by atoms with E-state index in [2.05, 4.69) is 54.4 Å². The van der Waals surface area contributed by atoms with Gasteiger partial charge in [0.2, 0.25) is 11.9 Å². The second-order valence-electron chi connectivity index (χ2n) is 10.9. The van der Waals surface area contributed by atoms with E-state index in [1.807, 2.05) is 4.90 Å². The third-order valence-corrected chi connectivity index (χ3v) is 8.60. The Kier molecular flexibility index (Phi) is 4.96. The summed E-state index contributed by atoms with van der Waals surface area (Å²) >= 11 is 0. The van der Waals surface area contributed by atoms with E-state index in [0.29, 0.717) is 23.8 Å². The summed E-state index contributed by atoms with van der Waals surface area (Å²) in [4.78, 5) is 26.6. The predicted molar refractivity (Wildman–Crippen MR) is 130 cm³/mol. The maximum Gasteiger partial charge on any atom is 0.245 e. The Bertz CT molecular complexity index is 1110. The second-order valence-corrected chi connectivity index (χ2v) is 10.9. The van der Waals surface area contributed by atoms with Gasteiger partial charge in [0.25, 0.3) is 0 Å². The van der Waals surface area contributed by atoms with E-state index < -0.39 is 0 Å². The van der Waals surface area contributed by atoms with Crippen molar-refractivity contribution >= 4 is 22.8 Å². The van der Waals surface area contributed by atoms with Crippen molar-refractivity contribution in [2.75, 3.05) is 37.6 Å². The maximum atomic E-state index is 12.0. The van der Waals surface area contributed by atoms with Crippen LogP contribution in [0.5, 0.6) is 0 Å². The number of carbonyl (C=O) groups excluding carboxylic acids is 1. The smallest absolute Gasteiger partial charge is 0.245 e. The Morgan fingerprint density at radius 1 is 1.24 bits per heavy atom. The number of rotatable bonds is 3. The molecule has 3 saturated heterocycles. The summed E-state index contributed by atoms with van der Waals surface area (Å²) in [6, 6.07) is 7.14. The van der Waals surface area contributed by atoms with Crippen LogP contribution >= 0.6 is 0 Å². The van der Waals surface area contributed by atoms with Crippen LogP contribution in [-0.2, 0) is 4.79 Å². The van der Waals surface area contributed by atoms with Crippen molar-refractivity contribution in [3.63, 3.8) is 0 Å². The lowest BCUT2D eigenvalue weighted by molar-refractivity contribution is -0.136. The molecule has 0 bridgehead atoms. The van der Waals surface area contributed by atoms with E-state index in [-0.39, 0.29) is 11.3 Å². The summed E-state index contributed by atoms with van der Waals surface area (Å²) in [6.45, 7) is 12.6. The normalized spacial score (nSPS) is 30.5. The number of hydrogen-bond donors (Lipinski definition) is 2. The van der Waals surface area contributed by atoms with E-state index in [4.69, 9.17) is 9.97 Å². The number of amides is 1. The maximum absolute atomic E-state index is 12.0. The quantitative estimate of drug-likeness (QED) is 0.707. The van der Waals surface area contributed by atoms with Gasteiger partial charge in [-0.2, -0.15) is 0 Å². The van der Waals surface area contributed by atoms with E-state index in [9.17, 15) is 4.79 Å². The zero-order valence-electron chi connectivity index (χ0n) is 19.7. The fraction of sp³-hybridized carbons (Fsp3) is 0.577. The minimum atomic E-state index is 0.0402. The minimum Gasteiger partial charge on any atom is -0.340 e. The molecule has 2 aromatic rings. The van der Waals surface area contributed by atoms with Gasteiger partial charge in [-0.1, -0.05) is 25.6 Å². The van der Waals surface area contributed by atoms with Gasteiger partial charge in [0.1, 0.15) is 0 Å². The van der Waals surface area contributed by atoms with Crippen LogP contribution in [0.3, 0.4) is 0 Å². The van der Waals surface area contributed by atoms with Crippen molar-refractivity contribution in [3.05, 3.63) is 42.1 Å². The van der Waals surface area contributed by atoms with Gasteiger partial charge >= 0.3 is 0 Å². The molecule has 6 rings (SSSR count). The van der Waals surface area contributed by atoms with Crippen molar-refractivity contribution in [2.24, 2.45) is 17.3 Å². The standard InChI is InChI=1S/C26H34N6O/c1-4-22(33)32-14-26(15-32)9-10-31(13-26)25-28-21-11-16(2)5-7-18(21)24(29-25)23-17(3)6-8-20-19(23)12-27-30-20/h4-5,7,11,17,19-20,23,27,30H,1,6,8-10,12-15H2,2-3H3. The topological polar surface area (TPSA) is 73.4 Å². The Morgan fingerprint density at radius 2 is 2.09 bits per heavy atom. The van der Waals surface area contributed by atoms with E-state index in [1.54, 1.807) is 0 Å². The van der Waals surface area contributed by atoms with Crippen LogP contribution in [0, 0.1) is 24.2 Å². The van der Waals surface area contributed by atoms with Crippen molar-refractivity contribution in [1.82, 2.24) is 25.7 Å². The molecule has 1 amide bonds. The first kappa shape index (κ1) is 21.1. The molecule has 174 valence electrons. The first-order valence-electron chi connectivity index (χ1n) is 12.4.